The average Bonchev–Trinajstić information content (AvgIpc) is 3.14. The third kappa shape index (κ3) is 2.81. The van der Waals surface area contributed by atoms with Crippen LogP contribution in [0.1, 0.15) is 10.4 Å². The Balaban J connectivity index is 1.80. The first-order chi connectivity index (χ1) is 12.1. The lowest BCUT2D eigenvalue weighted by molar-refractivity contribution is 0.427. The molecule has 0 saturated heterocycles. The van der Waals surface area contributed by atoms with Gasteiger partial charge in [-0.25, -0.2) is 9.38 Å². The van der Waals surface area contributed by atoms with Crippen molar-refractivity contribution < 1.29 is 9.50 Å². The van der Waals surface area contributed by atoms with Crippen LogP contribution in [0.5, 0.6) is 5.88 Å². The number of aromatic hydroxyl groups is 1. The zero-order chi connectivity index (χ0) is 17.4. The van der Waals surface area contributed by atoms with Crippen molar-refractivity contribution in [3.05, 3.63) is 69.6 Å². The summed E-state index contributed by atoms with van der Waals surface area (Å²) < 4.78 is 15.4. The first-order valence-electron chi connectivity index (χ1n) is 7.67. The molecule has 0 aliphatic carbocycles. The smallest absolute Gasteiger partial charge is 0.210 e. The van der Waals surface area contributed by atoms with Gasteiger partial charge in [0.05, 0.1) is 10.6 Å². The Labute approximate surface area is 147 Å². The number of nitrogens with zero attached hydrogens (tertiary/aromatic N) is 3. The highest BCUT2D eigenvalue weighted by atomic mass is 32.1. The highest BCUT2D eigenvalue weighted by molar-refractivity contribution is 7.10. The number of hydrogen-bond acceptors (Lipinski definition) is 4. The summed E-state index contributed by atoms with van der Waals surface area (Å²) in [5.74, 6) is -0.308. The fraction of sp³-hybridized carbons (Fsp3) is 0.0526. The molecule has 0 spiro atoms. The Morgan fingerprint density at radius 3 is 2.76 bits per heavy atom. The molecule has 3 aromatic rings. The van der Waals surface area contributed by atoms with Crippen LogP contribution in [0.15, 0.2) is 58.5 Å². The zero-order valence-corrected chi connectivity index (χ0v) is 14.2. The normalized spacial score (nSPS) is 15.1. The van der Waals surface area contributed by atoms with Gasteiger partial charge in [-0.15, -0.1) is 0 Å². The maximum absolute atomic E-state index is 13.8. The summed E-state index contributed by atoms with van der Waals surface area (Å²) in [5.41, 5.74) is 3.09. The molecule has 25 heavy (non-hydrogen) atoms. The average molecular weight is 351 g/mol. The van der Waals surface area contributed by atoms with E-state index in [4.69, 9.17) is 0 Å². The molecular weight excluding hydrogens is 337 g/mol. The Kier molecular flexibility index (Phi) is 3.82. The van der Waals surface area contributed by atoms with Crippen LogP contribution in [0.2, 0.25) is 0 Å². The second-order valence-electron chi connectivity index (χ2n) is 5.57. The van der Waals surface area contributed by atoms with E-state index in [9.17, 15) is 9.50 Å². The number of thiazole rings is 1. The second kappa shape index (κ2) is 6.14. The van der Waals surface area contributed by atoms with E-state index in [0.717, 1.165) is 16.8 Å². The molecule has 1 N–H and O–H groups in total. The Hall–Kier alpha value is -2.99. The van der Waals surface area contributed by atoms with E-state index in [2.05, 4.69) is 9.98 Å². The standard InChI is InChI=1S/C19H14FN3OS/c1-23-18(24)17(10-12-11-21-15-8-4-2-6-13(12)15)25-19(23)22-16-9-5-3-7-14(16)20/h2-11,24H,1H3/b12-10+,22-19?. The van der Waals surface area contributed by atoms with E-state index < -0.39 is 5.82 Å². The summed E-state index contributed by atoms with van der Waals surface area (Å²) in [6.45, 7) is 0. The maximum atomic E-state index is 13.8. The molecule has 6 heteroatoms. The molecular formula is C19H14FN3OS. The molecule has 0 saturated carbocycles. The van der Waals surface area contributed by atoms with Crippen molar-refractivity contribution >= 4 is 40.6 Å². The van der Waals surface area contributed by atoms with Crippen LogP contribution in [0.3, 0.4) is 0 Å². The lowest BCUT2D eigenvalue weighted by Crippen LogP contribution is -2.08. The first kappa shape index (κ1) is 15.5. The number of aromatic nitrogens is 1. The Morgan fingerprint density at radius 2 is 1.92 bits per heavy atom. The van der Waals surface area contributed by atoms with Crippen molar-refractivity contribution in [3.8, 4) is 5.88 Å². The SMILES string of the molecule is Cn1c(O)c(/C=C2\C=Nc3ccccc32)sc1=Nc1ccccc1F. The Morgan fingerprint density at radius 1 is 1.16 bits per heavy atom. The van der Waals surface area contributed by atoms with Crippen molar-refractivity contribution in [3.63, 3.8) is 0 Å². The van der Waals surface area contributed by atoms with Crippen molar-refractivity contribution in [1.82, 2.24) is 4.57 Å². The first-order valence-corrected chi connectivity index (χ1v) is 8.48. The van der Waals surface area contributed by atoms with Gasteiger partial charge in [-0.2, -0.15) is 0 Å². The second-order valence-corrected chi connectivity index (χ2v) is 6.58. The number of para-hydroxylation sites is 2. The number of benzene rings is 2. The monoisotopic (exact) mass is 351 g/mol. The van der Waals surface area contributed by atoms with Crippen LogP contribution in [0.25, 0.3) is 11.6 Å². The zero-order valence-electron chi connectivity index (χ0n) is 13.3. The van der Waals surface area contributed by atoms with Crippen LogP contribution >= 0.6 is 11.3 Å². The van der Waals surface area contributed by atoms with Gasteiger partial charge >= 0.3 is 0 Å². The lowest BCUT2D eigenvalue weighted by Gasteiger charge is -1.98. The third-order valence-corrected chi connectivity index (χ3v) is 5.01. The Bertz CT molecular complexity index is 1090. The van der Waals surface area contributed by atoms with Crippen LogP contribution in [0.4, 0.5) is 15.8 Å². The van der Waals surface area contributed by atoms with Gasteiger partial charge in [-0.3, -0.25) is 9.56 Å². The van der Waals surface area contributed by atoms with Crippen LogP contribution in [-0.2, 0) is 7.05 Å². The fourth-order valence-electron chi connectivity index (χ4n) is 2.60. The number of aliphatic imine (C=N–C) groups is 1. The van der Waals surface area contributed by atoms with E-state index in [1.54, 1.807) is 36.0 Å². The fourth-order valence-corrected chi connectivity index (χ4v) is 3.58. The third-order valence-electron chi connectivity index (χ3n) is 3.94. The van der Waals surface area contributed by atoms with Crippen LogP contribution in [0, 0.1) is 5.82 Å². The van der Waals surface area contributed by atoms with Gasteiger partial charge in [0, 0.05) is 24.4 Å². The minimum absolute atomic E-state index is 0.0883. The van der Waals surface area contributed by atoms with Gasteiger partial charge in [-0.05, 0) is 24.3 Å². The molecule has 0 amide bonds. The summed E-state index contributed by atoms with van der Waals surface area (Å²) in [7, 11) is 1.70. The van der Waals surface area contributed by atoms with E-state index in [-0.39, 0.29) is 11.6 Å². The molecule has 4 rings (SSSR count). The quantitative estimate of drug-likeness (QED) is 0.730. The molecule has 1 aromatic heterocycles. The summed E-state index contributed by atoms with van der Waals surface area (Å²) in [4.78, 5) is 9.85. The highest BCUT2D eigenvalue weighted by Gasteiger charge is 2.14. The van der Waals surface area contributed by atoms with E-state index in [0.29, 0.717) is 9.68 Å². The molecule has 0 fully saturated rings. The number of fused-ring (bicyclic) bond motifs is 1. The van der Waals surface area contributed by atoms with E-state index in [1.165, 1.54) is 17.4 Å². The molecule has 124 valence electrons. The molecule has 1 aliphatic heterocycles. The number of rotatable bonds is 2. The minimum Gasteiger partial charge on any atom is -0.493 e. The van der Waals surface area contributed by atoms with Crippen molar-refractivity contribution in [1.29, 1.82) is 0 Å². The molecule has 0 unspecified atom stereocenters. The summed E-state index contributed by atoms with van der Waals surface area (Å²) in [6.07, 6.45) is 3.65. The molecule has 0 atom stereocenters. The molecule has 2 heterocycles. The predicted octanol–water partition coefficient (Wildman–Crippen LogP) is 4.42. The summed E-state index contributed by atoms with van der Waals surface area (Å²) in [6, 6.07) is 14.1. The van der Waals surface area contributed by atoms with Gasteiger partial charge in [0.2, 0.25) is 5.88 Å². The van der Waals surface area contributed by atoms with Gasteiger partial charge < -0.3 is 5.11 Å². The van der Waals surface area contributed by atoms with Crippen LogP contribution < -0.4 is 4.80 Å². The molecule has 0 bridgehead atoms. The number of halogens is 1. The van der Waals surface area contributed by atoms with Gasteiger partial charge in [0.1, 0.15) is 11.5 Å². The van der Waals surface area contributed by atoms with Gasteiger partial charge in [0.25, 0.3) is 0 Å². The van der Waals surface area contributed by atoms with Crippen molar-refractivity contribution in [2.45, 2.75) is 0 Å². The summed E-state index contributed by atoms with van der Waals surface area (Å²) >= 11 is 1.29. The minimum atomic E-state index is -0.396. The predicted molar refractivity (Wildman–Crippen MR) is 99.0 cm³/mol. The molecule has 2 aromatic carbocycles. The maximum Gasteiger partial charge on any atom is 0.210 e. The van der Waals surface area contributed by atoms with Crippen molar-refractivity contribution in [2.75, 3.05) is 0 Å². The van der Waals surface area contributed by atoms with Crippen LogP contribution in [-0.4, -0.2) is 15.9 Å². The van der Waals surface area contributed by atoms with E-state index in [1.807, 2.05) is 30.3 Å². The number of hydrogen-bond donors (Lipinski definition) is 1. The highest BCUT2D eigenvalue weighted by Crippen LogP contribution is 2.34. The largest absolute Gasteiger partial charge is 0.493 e. The van der Waals surface area contributed by atoms with Crippen molar-refractivity contribution in [2.24, 2.45) is 17.0 Å². The van der Waals surface area contributed by atoms with Gasteiger partial charge in [-0.1, -0.05) is 41.7 Å². The van der Waals surface area contributed by atoms with E-state index >= 15 is 0 Å². The number of allylic oxidation sites excluding steroid dienone is 1. The lowest BCUT2D eigenvalue weighted by atomic mass is 10.1. The molecule has 4 nitrogen and oxygen atoms in total. The molecule has 1 aliphatic rings. The molecule has 0 radical (unpaired) electrons. The summed E-state index contributed by atoms with van der Waals surface area (Å²) in [5, 5.41) is 10.4. The topological polar surface area (TPSA) is 49.9 Å². The van der Waals surface area contributed by atoms with Gasteiger partial charge in [0.15, 0.2) is 4.80 Å².